The van der Waals surface area contributed by atoms with E-state index in [4.69, 9.17) is 14.2 Å². The molecule has 9 nitrogen and oxygen atoms in total. The fraction of sp³-hybridized carbons (Fsp3) is 0.538. The lowest BCUT2D eigenvalue weighted by atomic mass is 10.1. The number of hydrogen-bond acceptors (Lipinski definition) is 8. The van der Waals surface area contributed by atoms with Crippen LogP contribution in [0.2, 0.25) is 0 Å². The zero-order valence-electron chi connectivity index (χ0n) is 12.4. The number of nitrogens with zero attached hydrogens (tertiary/aromatic N) is 1. The van der Waals surface area contributed by atoms with Gasteiger partial charge in [0.05, 0.1) is 5.25 Å². The van der Waals surface area contributed by atoms with E-state index in [1.807, 2.05) is 0 Å². The number of aromatic nitrogens is 2. The van der Waals surface area contributed by atoms with Gasteiger partial charge in [0.15, 0.2) is 6.23 Å². The van der Waals surface area contributed by atoms with Crippen LogP contribution in [-0.2, 0) is 23.8 Å². The molecule has 2 rings (SSSR count). The molecular formula is C13H16N2O7S. The highest BCUT2D eigenvalue weighted by Gasteiger charge is 2.46. The zero-order valence-corrected chi connectivity index (χ0v) is 13.3. The van der Waals surface area contributed by atoms with E-state index in [1.54, 1.807) is 0 Å². The minimum atomic E-state index is -0.896. The normalized spacial score (nSPS) is 26.7. The highest BCUT2D eigenvalue weighted by molar-refractivity contribution is 7.81. The second kappa shape index (κ2) is 7.01. The van der Waals surface area contributed by atoms with Crippen LogP contribution in [0, 0.1) is 0 Å². The molecule has 0 saturated carbocycles. The van der Waals surface area contributed by atoms with Gasteiger partial charge in [0, 0.05) is 26.1 Å². The van der Waals surface area contributed by atoms with Gasteiger partial charge in [-0.1, -0.05) is 0 Å². The minimum absolute atomic E-state index is 0.154. The van der Waals surface area contributed by atoms with Crippen molar-refractivity contribution in [3.63, 3.8) is 0 Å². The van der Waals surface area contributed by atoms with Crippen molar-refractivity contribution in [2.75, 3.05) is 6.61 Å². The third kappa shape index (κ3) is 4.02. The largest absolute Gasteiger partial charge is 0.463 e. The summed E-state index contributed by atoms with van der Waals surface area (Å²) in [6.45, 7) is 2.31. The van der Waals surface area contributed by atoms with Crippen molar-refractivity contribution in [2.24, 2.45) is 0 Å². The van der Waals surface area contributed by atoms with Crippen molar-refractivity contribution < 1.29 is 23.8 Å². The Hall–Kier alpha value is -2.07. The molecule has 1 aromatic heterocycles. The van der Waals surface area contributed by atoms with Crippen LogP contribution in [0.25, 0.3) is 0 Å². The first-order chi connectivity index (χ1) is 10.8. The molecule has 2 heterocycles. The predicted molar refractivity (Wildman–Crippen MR) is 80.2 cm³/mol. The molecule has 0 amide bonds. The standard InChI is InChI=1S/C13H16N2O7S/c1-6(16)20-5-8-10(21-7(2)17)11(23)12(22-8)15-4-3-9(18)14-13(15)19/h3-4,8,10-12,23H,5H2,1-2H3,(H,14,18,19)/t8-,10+,11?,12-/m1/s1. The van der Waals surface area contributed by atoms with E-state index in [0.717, 1.165) is 10.6 Å². The molecule has 1 aliphatic heterocycles. The lowest BCUT2D eigenvalue weighted by Crippen LogP contribution is -2.37. The van der Waals surface area contributed by atoms with Gasteiger partial charge in [-0.15, -0.1) is 0 Å². The van der Waals surface area contributed by atoms with Crippen LogP contribution in [0.15, 0.2) is 21.9 Å². The van der Waals surface area contributed by atoms with Crippen LogP contribution in [0.1, 0.15) is 20.1 Å². The zero-order chi connectivity index (χ0) is 17.1. The maximum absolute atomic E-state index is 11.9. The summed E-state index contributed by atoms with van der Waals surface area (Å²) < 4.78 is 16.8. The van der Waals surface area contributed by atoms with Crippen LogP contribution < -0.4 is 11.2 Å². The second-order valence-electron chi connectivity index (χ2n) is 4.95. The molecule has 1 N–H and O–H groups in total. The fourth-order valence-corrected chi connectivity index (χ4v) is 2.71. The first-order valence-corrected chi connectivity index (χ1v) is 7.27. The Morgan fingerprint density at radius 3 is 2.61 bits per heavy atom. The number of esters is 2. The predicted octanol–water partition coefficient (Wildman–Crippen LogP) is -0.773. The number of rotatable bonds is 4. The van der Waals surface area contributed by atoms with Crippen LogP contribution in [0.5, 0.6) is 0 Å². The summed E-state index contributed by atoms with van der Waals surface area (Å²) in [5.41, 5.74) is -1.23. The molecule has 10 heteroatoms. The van der Waals surface area contributed by atoms with Crippen LogP contribution >= 0.6 is 12.6 Å². The summed E-state index contributed by atoms with van der Waals surface area (Å²) in [6, 6.07) is 1.16. The van der Waals surface area contributed by atoms with Crippen LogP contribution in [0.4, 0.5) is 0 Å². The Morgan fingerprint density at radius 1 is 1.35 bits per heavy atom. The second-order valence-corrected chi connectivity index (χ2v) is 5.55. The molecule has 126 valence electrons. The number of aromatic amines is 1. The van der Waals surface area contributed by atoms with E-state index in [-0.39, 0.29) is 6.61 Å². The molecule has 0 aromatic carbocycles. The third-order valence-corrected chi connectivity index (χ3v) is 3.74. The Balaban J connectivity index is 2.27. The number of nitrogens with one attached hydrogen (secondary N) is 1. The summed E-state index contributed by atoms with van der Waals surface area (Å²) in [5.74, 6) is -1.07. The molecule has 0 radical (unpaired) electrons. The number of hydrogen-bond donors (Lipinski definition) is 2. The average Bonchev–Trinajstić information content (AvgIpc) is 2.73. The van der Waals surface area contributed by atoms with Gasteiger partial charge in [-0.05, 0) is 0 Å². The van der Waals surface area contributed by atoms with E-state index in [2.05, 4.69) is 17.6 Å². The van der Waals surface area contributed by atoms with Crippen molar-refractivity contribution >= 4 is 24.6 Å². The molecule has 1 saturated heterocycles. The Labute approximate surface area is 136 Å². The van der Waals surface area contributed by atoms with E-state index < -0.39 is 46.9 Å². The minimum Gasteiger partial charge on any atom is -0.463 e. The monoisotopic (exact) mass is 344 g/mol. The molecule has 23 heavy (non-hydrogen) atoms. The lowest BCUT2D eigenvalue weighted by molar-refractivity contribution is -0.155. The summed E-state index contributed by atoms with van der Waals surface area (Å²) in [6.07, 6.45) is -1.24. The van der Waals surface area contributed by atoms with Gasteiger partial charge in [0.2, 0.25) is 0 Å². The topological polar surface area (TPSA) is 117 Å². The molecular weight excluding hydrogens is 328 g/mol. The lowest BCUT2D eigenvalue weighted by Gasteiger charge is -2.20. The van der Waals surface area contributed by atoms with Crippen molar-refractivity contribution in [1.29, 1.82) is 0 Å². The Morgan fingerprint density at radius 2 is 2.04 bits per heavy atom. The molecule has 0 bridgehead atoms. The van der Waals surface area contributed by atoms with Gasteiger partial charge in [-0.2, -0.15) is 12.6 Å². The van der Waals surface area contributed by atoms with Crippen LogP contribution in [-0.4, -0.2) is 45.6 Å². The van der Waals surface area contributed by atoms with E-state index in [9.17, 15) is 19.2 Å². The molecule has 4 atom stereocenters. The number of H-pyrrole nitrogens is 1. The van der Waals surface area contributed by atoms with Gasteiger partial charge in [0.1, 0.15) is 18.8 Å². The Kier molecular flexibility index (Phi) is 5.26. The van der Waals surface area contributed by atoms with Crippen molar-refractivity contribution in [1.82, 2.24) is 9.55 Å². The summed E-state index contributed by atoms with van der Waals surface area (Å²) in [7, 11) is 0. The van der Waals surface area contributed by atoms with Gasteiger partial charge in [-0.3, -0.25) is 23.9 Å². The van der Waals surface area contributed by atoms with Crippen molar-refractivity contribution in [3.05, 3.63) is 33.1 Å². The van der Waals surface area contributed by atoms with Gasteiger partial charge in [0.25, 0.3) is 5.56 Å². The maximum Gasteiger partial charge on any atom is 0.330 e. The van der Waals surface area contributed by atoms with E-state index in [1.165, 1.54) is 20.0 Å². The molecule has 1 fully saturated rings. The van der Waals surface area contributed by atoms with Gasteiger partial charge in [-0.25, -0.2) is 4.79 Å². The maximum atomic E-state index is 11.9. The highest BCUT2D eigenvalue weighted by Crippen LogP contribution is 2.34. The molecule has 1 aromatic rings. The molecule has 1 unspecified atom stereocenters. The Bertz CT molecular complexity index is 713. The number of thiol groups is 1. The molecule has 0 aliphatic carbocycles. The molecule has 1 aliphatic rings. The van der Waals surface area contributed by atoms with Gasteiger partial charge >= 0.3 is 17.6 Å². The first kappa shape index (κ1) is 17.3. The number of carbonyl (C=O) groups excluding carboxylic acids is 2. The van der Waals surface area contributed by atoms with E-state index in [0.29, 0.717) is 0 Å². The molecule has 0 spiro atoms. The number of ether oxygens (including phenoxy) is 3. The average molecular weight is 344 g/mol. The quantitative estimate of drug-likeness (QED) is 0.544. The fourth-order valence-electron chi connectivity index (χ4n) is 2.25. The SMILES string of the molecule is CC(=O)OC[C@H]1O[C@@H](n2ccc(=O)[nH]c2=O)C(S)[C@H]1OC(C)=O. The smallest absolute Gasteiger partial charge is 0.330 e. The summed E-state index contributed by atoms with van der Waals surface area (Å²) in [4.78, 5) is 47.3. The first-order valence-electron chi connectivity index (χ1n) is 6.75. The van der Waals surface area contributed by atoms with Crippen molar-refractivity contribution in [2.45, 2.75) is 37.5 Å². The highest BCUT2D eigenvalue weighted by atomic mass is 32.1. The summed E-state index contributed by atoms with van der Waals surface area (Å²) >= 11 is 4.35. The van der Waals surface area contributed by atoms with Crippen molar-refractivity contribution in [3.8, 4) is 0 Å². The van der Waals surface area contributed by atoms with Crippen LogP contribution in [0.3, 0.4) is 0 Å². The van der Waals surface area contributed by atoms with Gasteiger partial charge < -0.3 is 14.2 Å². The number of carbonyl (C=O) groups is 2. The third-order valence-electron chi connectivity index (χ3n) is 3.19. The summed E-state index contributed by atoms with van der Waals surface area (Å²) in [5, 5.41) is -0.692. The van der Waals surface area contributed by atoms with E-state index >= 15 is 0 Å².